The van der Waals surface area contributed by atoms with E-state index in [0.29, 0.717) is 17.9 Å². The summed E-state index contributed by atoms with van der Waals surface area (Å²) < 4.78 is 14.0. The van der Waals surface area contributed by atoms with Gasteiger partial charge in [0, 0.05) is 28.8 Å². The number of anilines is 2. The zero-order valence-corrected chi connectivity index (χ0v) is 15.1. The average Bonchev–Trinajstić information content (AvgIpc) is 2.92. The second kappa shape index (κ2) is 7.23. The highest BCUT2D eigenvalue weighted by Crippen LogP contribution is 2.22. The van der Waals surface area contributed by atoms with Gasteiger partial charge in [-0.05, 0) is 55.0 Å². The maximum absolute atomic E-state index is 13.0. The van der Waals surface area contributed by atoms with E-state index < -0.39 is 0 Å². The summed E-state index contributed by atoms with van der Waals surface area (Å²) in [5.74, 6) is -0.453. The molecule has 25 heavy (non-hydrogen) atoms. The molecule has 1 saturated heterocycles. The maximum atomic E-state index is 13.0. The monoisotopic (exact) mass is 405 g/mol. The Kier molecular flexibility index (Phi) is 5.03. The second-order valence-electron chi connectivity index (χ2n) is 5.94. The van der Waals surface area contributed by atoms with Gasteiger partial charge >= 0.3 is 6.03 Å². The quantitative estimate of drug-likeness (QED) is 0.814. The Hall–Kier alpha value is -2.41. The third-order valence-electron chi connectivity index (χ3n) is 4.01. The second-order valence-corrected chi connectivity index (χ2v) is 6.80. The van der Waals surface area contributed by atoms with Crippen LogP contribution in [-0.2, 0) is 4.79 Å². The van der Waals surface area contributed by atoms with Crippen molar-refractivity contribution < 1.29 is 14.0 Å². The summed E-state index contributed by atoms with van der Waals surface area (Å²) in [5.41, 5.74) is 2.31. The summed E-state index contributed by atoms with van der Waals surface area (Å²) >= 11 is 3.41. The van der Waals surface area contributed by atoms with Gasteiger partial charge in [0.2, 0.25) is 5.91 Å². The number of aryl methyl sites for hydroxylation is 1. The smallest absolute Gasteiger partial charge is 0.319 e. The van der Waals surface area contributed by atoms with E-state index in [4.69, 9.17) is 0 Å². The fourth-order valence-electron chi connectivity index (χ4n) is 2.75. The first-order valence-corrected chi connectivity index (χ1v) is 8.61. The number of nitrogens with one attached hydrogen (secondary N) is 2. The summed E-state index contributed by atoms with van der Waals surface area (Å²) in [6.45, 7) is 2.29. The fraction of sp³-hybridized carbons (Fsp3) is 0.222. The zero-order chi connectivity index (χ0) is 18.0. The van der Waals surface area contributed by atoms with Crippen LogP contribution in [0.3, 0.4) is 0 Å². The van der Waals surface area contributed by atoms with Crippen molar-refractivity contribution >= 4 is 39.2 Å². The van der Waals surface area contributed by atoms with Crippen LogP contribution in [0.15, 0.2) is 46.9 Å². The highest BCUT2D eigenvalue weighted by atomic mass is 79.9. The summed E-state index contributed by atoms with van der Waals surface area (Å²) in [6, 6.07) is 10.6. The molecule has 2 N–H and O–H groups in total. The molecule has 0 unspecified atom stereocenters. The molecule has 0 aliphatic carbocycles. The van der Waals surface area contributed by atoms with Crippen molar-refractivity contribution in [1.29, 1.82) is 0 Å². The van der Waals surface area contributed by atoms with Gasteiger partial charge in [-0.15, -0.1) is 0 Å². The van der Waals surface area contributed by atoms with E-state index in [-0.39, 0.29) is 30.2 Å². The summed E-state index contributed by atoms with van der Waals surface area (Å²) in [7, 11) is 0. The first kappa shape index (κ1) is 17.4. The molecule has 7 heteroatoms. The normalized spacial score (nSPS) is 16.8. The molecular formula is C18H17BrFN3O2. The average molecular weight is 406 g/mol. The Morgan fingerprint density at radius 3 is 2.64 bits per heavy atom. The first-order chi connectivity index (χ1) is 11.9. The SMILES string of the molecule is Cc1cc(NC(=O)N[C@H]2CC(=O)N(c3ccc(F)cc3)C2)ccc1Br. The summed E-state index contributed by atoms with van der Waals surface area (Å²) in [4.78, 5) is 25.8. The lowest BCUT2D eigenvalue weighted by Gasteiger charge is -2.17. The number of carbonyl (C=O) groups excluding carboxylic acids is 2. The molecule has 130 valence electrons. The number of carbonyl (C=O) groups is 2. The number of nitrogens with zero attached hydrogens (tertiary/aromatic N) is 1. The van der Waals surface area contributed by atoms with E-state index in [1.807, 2.05) is 19.1 Å². The topological polar surface area (TPSA) is 61.4 Å². The van der Waals surface area contributed by atoms with Crippen LogP contribution in [0.2, 0.25) is 0 Å². The number of rotatable bonds is 3. The minimum absolute atomic E-state index is 0.101. The number of benzene rings is 2. The number of hydrogen-bond acceptors (Lipinski definition) is 2. The Balaban J connectivity index is 1.60. The number of halogens is 2. The number of hydrogen-bond donors (Lipinski definition) is 2. The van der Waals surface area contributed by atoms with Crippen molar-refractivity contribution in [3.63, 3.8) is 0 Å². The predicted molar refractivity (Wildman–Crippen MR) is 98.2 cm³/mol. The van der Waals surface area contributed by atoms with E-state index >= 15 is 0 Å². The molecule has 2 aromatic carbocycles. The van der Waals surface area contributed by atoms with Gasteiger partial charge in [-0.1, -0.05) is 15.9 Å². The van der Waals surface area contributed by atoms with Crippen LogP contribution in [-0.4, -0.2) is 24.5 Å². The zero-order valence-electron chi connectivity index (χ0n) is 13.6. The Bertz CT molecular complexity index is 810. The van der Waals surface area contributed by atoms with E-state index in [1.54, 1.807) is 23.1 Å². The molecule has 2 aromatic rings. The minimum atomic E-state index is -0.361. The third kappa shape index (κ3) is 4.17. The van der Waals surface area contributed by atoms with Crippen LogP contribution in [0.1, 0.15) is 12.0 Å². The predicted octanol–water partition coefficient (Wildman–Crippen LogP) is 3.82. The van der Waals surface area contributed by atoms with Crippen LogP contribution in [0.5, 0.6) is 0 Å². The molecule has 1 aliphatic rings. The van der Waals surface area contributed by atoms with Gasteiger partial charge in [0.1, 0.15) is 5.82 Å². The number of urea groups is 1. The maximum Gasteiger partial charge on any atom is 0.319 e. The highest BCUT2D eigenvalue weighted by molar-refractivity contribution is 9.10. The van der Waals surface area contributed by atoms with E-state index in [2.05, 4.69) is 26.6 Å². The first-order valence-electron chi connectivity index (χ1n) is 7.82. The molecule has 0 aromatic heterocycles. The fourth-order valence-corrected chi connectivity index (χ4v) is 3.00. The summed E-state index contributed by atoms with van der Waals surface area (Å²) in [5, 5.41) is 5.57. The van der Waals surface area contributed by atoms with Crippen LogP contribution in [0.4, 0.5) is 20.6 Å². The molecule has 0 saturated carbocycles. The van der Waals surface area contributed by atoms with Crippen molar-refractivity contribution in [1.82, 2.24) is 5.32 Å². The van der Waals surface area contributed by atoms with Crippen molar-refractivity contribution in [2.24, 2.45) is 0 Å². The highest BCUT2D eigenvalue weighted by Gasteiger charge is 2.31. The minimum Gasteiger partial charge on any atom is -0.333 e. The standard InChI is InChI=1S/C18H17BrFN3O2/c1-11-8-13(4-7-16(11)19)21-18(25)22-14-9-17(24)23(10-14)15-5-2-12(20)3-6-15/h2-8,14H,9-10H2,1H3,(H2,21,22,25)/t14-/m0/s1. The Labute approximate surface area is 153 Å². The number of amides is 3. The van der Waals surface area contributed by atoms with Gasteiger partial charge < -0.3 is 15.5 Å². The molecule has 0 spiro atoms. The van der Waals surface area contributed by atoms with Crippen LogP contribution in [0, 0.1) is 12.7 Å². The molecule has 3 amide bonds. The molecule has 1 aliphatic heterocycles. The lowest BCUT2D eigenvalue weighted by atomic mass is 10.2. The van der Waals surface area contributed by atoms with Crippen molar-refractivity contribution in [3.05, 3.63) is 58.3 Å². The van der Waals surface area contributed by atoms with Crippen molar-refractivity contribution in [2.75, 3.05) is 16.8 Å². The molecule has 0 radical (unpaired) electrons. The molecule has 5 nitrogen and oxygen atoms in total. The molecular weight excluding hydrogens is 389 g/mol. The molecule has 3 rings (SSSR count). The molecule has 1 fully saturated rings. The summed E-state index contributed by atoms with van der Waals surface area (Å²) in [6.07, 6.45) is 0.212. The van der Waals surface area contributed by atoms with E-state index in [9.17, 15) is 14.0 Å². The lowest BCUT2D eigenvalue weighted by molar-refractivity contribution is -0.117. The van der Waals surface area contributed by atoms with Gasteiger partial charge in [-0.3, -0.25) is 4.79 Å². The largest absolute Gasteiger partial charge is 0.333 e. The Morgan fingerprint density at radius 1 is 1.24 bits per heavy atom. The van der Waals surface area contributed by atoms with Gasteiger partial charge in [0.25, 0.3) is 0 Å². The van der Waals surface area contributed by atoms with Gasteiger partial charge in [-0.2, -0.15) is 0 Å². The van der Waals surface area contributed by atoms with E-state index in [0.717, 1.165) is 10.0 Å². The van der Waals surface area contributed by atoms with Crippen molar-refractivity contribution in [3.8, 4) is 0 Å². The van der Waals surface area contributed by atoms with E-state index in [1.165, 1.54) is 12.1 Å². The van der Waals surface area contributed by atoms with Crippen LogP contribution in [0.25, 0.3) is 0 Å². The van der Waals surface area contributed by atoms with Crippen molar-refractivity contribution in [2.45, 2.75) is 19.4 Å². The van der Waals surface area contributed by atoms with Crippen LogP contribution >= 0.6 is 15.9 Å². The Morgan fingerprint density at radius 2 is 1.96 bits per heavy atom. The van der Waals surface area contributed by atoms with Crippen LogP contribution < -0.4 is 15.5 Å². The molecule has 1 heterocycles. The third-order valence-corrected chi connectivity index (χ3v) is 4.90. The molecule has 0 bridgehead atoms. The molecule has 1 atom stereocenters. The van der Waals surface area contributed by atoms with Gasteiger partial charge in [0.05, 0.1) is 6.04 Å². The van der Waals surface area contributed by atoms with Gasteiger partial charge in [-0.25, -0.2) is 9.18 Å². The lowest BCUT2D eigenvalue weighted by Crippen LogP contribution is -2.39. The van der Waals surface area contributed by atoms with Gasteiger partial charge in [0.15, 0.2) is 0 Å².